The number of ether oxygens (including phenoxy) is 2. The zero-order valence-electron chi connectivity index (χ0n) is 19.0. The third-order valence-corrected chi connectivity index (χ3v) is 6.41. The van der Waals surface area contributed by atoms with Crippen LogP contribution in [0.15, 0.2) is 48.5 Å². The van der Waals surface area contributed by atoms with Gasteiger partial charge in [0.25, 0.3) is 0 Å². The van der Waals surface area contributed by atoms with Gasteiger partial charge in [0.2, 0.25) is 0 Å². The third-order valence-electron chi connectivity index (χ3n) is 6.16. The molecule has 5 heteroatoms. The topological polar surface area (TPSA) is 41.9 Å². The highest BCUT2D eigenvalue weighted by molar-refractivity contribution is 6.30. The van der Waals surface area contributed by atoms with Crippen LogP contribution < -0.4 is 4.74 Å². The van der Waals surface area contributed by atoms with Crippen LogP contribution in [-0.4, -0.2) is 49.5 Å². The van der Waals surface area contributed by atoms with Crippen LogP contribution in [0.4, 0.5) is 0 Å². The molecule has 1 fully saturated rings. The molecule has 1 aliphatic heterocycles. The first-order chi connectivity index (χ1) is 14.9. The molecule has 0 aliphatic carbocycles. The van der Waals surface area contributed by atoms with Gasteiger partial charge in [0.1, 0.15) is 5.75 Å². The third kappa shape index (κ3) is 6.45. The van der Waals surface area contributed by atoms with E-state index in [-0.39, 0.29) is 5.92 Å². The Labute approximate surface area is 192 Å². The highest BCUT2D eigenvalue weighted by atomic mass is 35.5. The fourth-order valence-electron chi connectivity index (χ4n) is 4.30. The second-order valence-electron chi connectivity index (χ2n) is 8.83. The van der Waals surface area contributed by atoms with Gasteiger partial charge in [-0.2, -0.15) is 0 Å². The summed E-state index contributed by atoms with van der Waals surface area (Å²) in [5, 5.41) is 13.0. The van der Waals surface area contributed by atoms with Crippen LogP contribution in [0.3, 0.4) is 0 Å². The van der Waals surface area contributed by atoms with Crippen LogP contribution in [0, 0.1) is 5.92 Å². The minimum Gasteiger partial charge on any atom is -0.494 e. The van der Waals surface area contributed by atoms with Crippen molar-refractivity contribution in [3.8, 4) is 5.75 Å². The number of benzene rings is 2. The Hall–Kier alpha value is -1.59. The van der Waals surface area contributed by atoms with Gasteiger partial charge in [-0.1, -0.05) is 49.7 Å². The molecule has 1 saturated heterocycles. The monoisotopic (exact) mass is 445 g/mol. The van der Waals surface area contributed by atoms with E-state index in [1.165, 1.54) is 0 Å². The van der Waals surface area contributed by atoms with Crippen molar-refractivity contribution in [1.29, 1.82) is 0 Å². The van der Waals surface area contributed by atoms with Crippen LogP contribution in [0.5, 0.6) is 5.75 Å². The number of nitrogens with zero attached hydrogens (tertiary/aromatic N) is 1. The lowest BCUT2D eigenvalue weighted by atomic mass is 9.73. The maximum absolute atomic E-state index is 12.3. The average Bonchev–Trinajstić information content (AvgIpc) is 2.78. The van der Waals surface area contributed by atoms with E-state index in [0.29, 0.717) is 24.0 Å². The molecule has 0 amide bonds. The summed E-state index contributed by atoms with van der Waals surface area (Å²) in [7, 11) is 0. The Morgan fingerprint density at radius 3 is 2.29 bits per heavy atom. The molecule has 0 radical (unpaired) electrons. The van der Waals surface area contributed by atoms with Gasteiger partial charge in [-0.15, -0.1) is 0 Å². The van der Waals surface area contributed by atoms with Gasteiger partial charge < -0.3 is 14.6 Å². The molecular formula is C26H36ClNO3. The zero-order valence-corrected chi connectivity index (χ0v) is 19.8. The first kappa shape index (κ1) is 24.1. The molecule has 2 unspecified atom stereocenters. The van der Waals surface area contributed by atoms with E-state index in [0.717, 1.165) is 56.1 Å². The minimum atomic E-state index is -0.999. The van der Waals surface area contributed by atoms with Gasteiger partial charge in [0.15, 0.2) is 0 Å². The molecule has 0 bridgehead atoms. The van der Waals surface area contributed by atoms with E-state index < -0.39 is 5.60 Å². The van der Waals surface area contributed by atoms with Crippen molar-refractivity contribution in [2.24, 2.45) is 5.92 Å². The number of rotatable bonds is 10. The van der Waals surface area contributed by atoms with E-state index in [4.69, 9.17) is 21.1 Å². The molecule has 1 N–H and O–H groups in total. The van der Waals surface area contributed by atoms with Gasteiger partial charge in [-0.05, 0) is 61.1 Å². The van der Waals surface area contributed by atoms with Crippen LogP contribution in [0.1, 0.15) is 50.7 Å². The van der Waals surface area contributed by atoms with Crippen LogP contribution in [-0.2, 0) is 10.3 Å². The van der Waals surface area contributed by atoms with Crippen molar-refractivity contribution in [3.05, 3.63) is 64.7 Å². The van der Waals surface area contributed by atoms with Crippen LogP contribution >= 0.6 is 11.6 Å². The average molecular weight is 446 g/mol. The molecular weight excluding hydrogens is 410 g/mol. The van der Waals surface area contributed by atoms with E-state index in [9.17, 15) is 5.11 Å². The fraction of sp³-hybridized carbons (Fsp3) is 0.538. The van der Waals surface area contributed by atoms with Crippen molar-refractivity contribution >= 4 is 11.6 Å². The molecule has 0 saturated carbocycles. The first-order valence-corrected chi connectivity index (χ1v) is 11.8. The number of aliphatic hydroxyl groups is 1. The van der Waals surface area contributed by atoms with Crippen molar-refractivity contribution in [1.82, 2.24) is 4.90 Å². The van der Waals surface area contributed by atoms with Gasteiger partial charge in [0.05, 0.1) is 25.4 Å². The lowest BCUT2D eigenvalue weighted by Crippen LogP contribution is -2.45. The van der Waals surface area contributed by atoms with Gasteiger partial charge in [0, 0.05) is 30.6 Å². The molecule has 2 atom stereocenters. The summed E-state index contributed by atoms with van der Waals surface area (Å²) in [6.45, 7) is 11.0. The summed E-state index contributed by atoms with van der Waals surface area (Å²) in [6, 6.07) is 15.9. The molecule has 0 spiro atoms. The van der Waals surface area contributed by atoms with Gasteiger partial charge in [-0.3, -0.25) is 4.90 Å². The summed E-state index contributed by atoms with van der Waals surface area (Å²) >= 11 is 6.19. The summed E-state index contributed by atoms with van der Waals surface area (Å²) in [6.07, 6.45) is 1.63. The van der Waals surface area contributed by atoms with Crippen LogP contribution in [0.2, 0.25) is 5.02 Å². The number of hydrogen-bond acceptors (Lipinski definition) is 4. The van der Waals surface area contributed by atoms with Gasteiger partial charge in [-0.25, -0.2) is 0 Å². The Balaban J connectivity index is 2.00. The predicted octanol–water partition coefficient (Wildman–Crippen LogP) is 5.48. The van der Waals surface area contributed by atoms with Gasteiger partial charge >= 0.3 is 0 Å². The maximum Gasteiger partial charge on any atom is 0.119 e. The number of morpholine rings is 1. The summed E-state index contributed by atoms with van der Waals surface area (Å²) < 4.78 is 11.2. The maximum atomic E-state index is 12.3. The predicted molar refractivity (Wildman–Crippen MR) is 127 cm³/mol. The molecule has 170 valence electrons. The quantitative estimate of drug-likeness (QED) is 0.525. The highest BCUT2D eigenvalue weighted by Gasteiger charge is 2.40. The van der Waals surface area contributed by atoms with Crippen molar-refractivity contribution in [2.45, 2.75) is 45.1 Å². The van der Waals surface area contributed by atoms with Crippen molar-refractivity contribution < 1.29 is 14.6 Å². The van der Waals surface area contributed by atoms with E-state index >= 15 is 0 Å². The number of hydrogen-bond donors (Lipinski definition) is 1. The molecule has 1 heterocycles. The SMILES string of the molecule is CCOc1ccc(C(O)(CCC(C)C)C(CN2CCOCC2)c2ccc(Cl)cc2)cc1. The van der Waals surface area contributed by atoms with Crippen molar-refractivity contribution in [2.75, 3.05) is 39.5 Å². The first-order valence-electron chi connectivity index (χ1n) is 11.4. The Bertz CT molecular complexity index is 787. The molecule has 4 nitrogen and oxygen atoms in total. The van der Waals surface area contributed by atoms with Crippen LogP contribution in [0.25, 0.3) is 0 Å². The molecule has 3 rings (SSSR count). The van der Waals surface area contributed by atoms with E-state index in [2.05, 4.69) is 30.9 Å². The minimum absolute atomic E-state index is 0.0837. The Morgan fingerprint density at radius 1 is 1.06 bits per heavy atom. The summed E-state index contributed by atoms with van der Waals surface area (Å²) in [5.41, 5.74) is 1.04. The summed E-state index contributed by atoms with van der Waals surface area (Å²) in [4.78, 5) is 2.40. The molecule has 2 aromatic carbocycles. The highest BCUT2D eigenvalue weighted by Crippen LogP contribution is 2.43. The zero-order chi connectivity index (χ0) is 22.3. The fourth-order valence-corrected chi connectivity index (χ4v) is 4.43. The van der Waals surface area contributed by atoms with Crippen molar-refractivity contribution in [3.63, 3.8) is 0 Å². The smallest absolute Gasteiger partial charge is 0.119 e. The lowest BCUT2D eigenvalue weighted by molar-refractivity contribution is -0.0311. The summed E-state index contributed by atoms with van der Waals surface area (Å²) in [5.74, 6) is 1.25. The molecule has 2 aromatic rings. The standard InChI is InChI=1S/C26H36ClNO3/c1-4-31-24-11-7-22(8-12-24)26(29,14-13-20(2)3)25(19-28-15-17-30-18-16-28)21-5-9-23(27)10-6-21/h5-12,20,25,29H,4,13-19H2,1-3H3. The molecule has 0 aromatic heterocycles. The van der Waals surface area contributed by atoms with E-state index in [1.807, 2.05) is 43.3 Å². The molecule has 31 heavy (non-hydrogen) atoms. The second-order valence-corrected chi connectivity index (χ2v) is 9.27. The normalized spacial score (nSPS) is 18.0. The Morgan fingerprint density at radius 2 is 1.71 bits per heavy atom. The van der Waals surface area contributed by atoms with E-state index in [1.54, 1.807) is 0 Å². The Kier molecular flexibility index (Phi) is 8.79. The largest absolute Gasteiger partial charge is 0.494 e. The second kappa shape index (κ2) is 11.3. The lowest BCUT2D eigenvalue weighted by Gasteiger charge is -2.41. The number of halogens is 1. The molecule has 1 aliphatic rings.